The third kappa shape index (κ3) is 2.65. The van der Waals surface area contributed by atoms with Crippen LogP contribution in [0.15, 0.2) is 30.3 Å². The number of hydrogen-bond acceptors (Lipinski definition) is 3. The van der Waals surface area contributed by atoms with Gasteiger partial charge in [-0.2, -0.15) is 0 Å². The molecule has 0 saturated carbocycles. The summed E-state index contributed by atoms with van der Waals surface area (Å²) in [7, 11) is 3.62. The summed E-state index contributed by atoms with van der Waals surface area (Å²) in [5, 5.41) is 1.21. The molecule has 0 bridgehead atoms. The van der Waals surface area contributed by atoms with Crippen molar-refractivity contribution in [1.29, 1.82) is 0 Å². The van der Waals surface area contributed by atoms with Gasteiger partial charge in [0.2, 0.25) is 0 Å². The molecular weight excluding hydrogens is 328 g/mol. The highest BCUT2D eigenvalue weighted by molar-refractivity contribution is 7.19. The molecule has 1 aliphatic carbocycles. The Labute approximate surface area is 152 Å². The molecule has 0 N–H and O–H groups in total. The first-order chi connectivity index (χ1) is 12.1. The van der Waals surface area contributed by atoms with Crippen molar-refractivity contribution >= 4 is 27.5 Å². The number of pyridine rings is 1. The number of thiophene rings is 1. The molecule has 4 heteroatoms. The van der Waals surface area contributed by atoms with Crippen LogP contribution >= 0.6 is 11.3 Å². The van der Waals surface area contributed by atoms with E-state index in [2.05, 4.69) is 12.1 Å². The summed E-state index contributed by atoms with van der Waals surface area (Å²) in [6.07, 6.45) is 4.71. The summed E-state index contributed by atoms with van der Waals surface area (Å²) in [4.78, 5) is 22.0. The maximum absolute atomic E-state index is 13.0. The zero-order chi connectivity index (χ0) is 17.6. The van der Waals surface area contributed by atoms with Crippen LogP contribution in [-0.2, 0) is 12.8 Å². The molecule has 0 aliphatic heterocycles. The minimum atomic E-state index is 0.0292. The molecule has 0 spiro atoms. The van der Waals surface area contributed by atoms with Gasteiger partial charge in [-0.25, -0.2) is 4.98 Å². The Kier molecular flexibility index (Phi) is 4.08. The van der Waals surface area contributed by atoms with Crippen LogP contribution in [0.5, 0.6) is 0 Å². The molecule has 3 aromatic rings. The summed E-state index contributed by atoms with van der Waals surface area (Å²) < 4.78 is 0. The summed E-state index contributed by atoms with van der Waals surface area (Å²) in [5.74, 6) is 0.0292. The number of nitrogens with zero attached hydrogens (tertiary/aromatic N) is 2. The van der Waals surface area contributed by atoms with E-state index in [0.29, 0.717) is 0 Å². The third-order valence-corrected chi connectivity index (χ3v) is 6.15. The number of fused-ring (bicyclic) bond motifs is 3. The van der Waals surface area contributed by atoms with Gasteiger partial charge in [-0.15, -0.1) is 11.3 Å². The number of carbonyl (C=O) groups excluding carboxylic acids is 1. The number of amides is 1. The highest BCUT2D eigenvalue weighted by atomic mass is 32.1. The molecule has 25 heavy (non-hydrogen) atoms. The van der Waals surface area contributed by atoms with E-state index in [1.54, 1.807) is 4.90 Å². The van der Waals surface area contributed by atoms with Gasteiger partial charge in [0, 0.05) is 29.9 Å². The molecule has 2 aromatic heterocycles. The Morgan fingerprint density at radius 1 is 1.12 bits per heavy atom. The predicted octanol–water partition coefficient (Wildman–Crippen LogP) is 4.85. The molecule has 2 heterocycles. The fraction of sp³-hybridized carbons (Fsp3) is 0.333. The maximum atomic E-state index is 13.0. The topological polar surface area (TPSA) is 33.2 Å². The van der Waals surface area contributed by atoms with Crippen LogP contribution in [0.25, 0.3) is 21.3 Å². The van der Waals surface area contributed by atoms with Crippen LogP contribution in [0.2, 0.25) is 0 Å². The molecule has 128 valence electrons. The molecule has 1 amide bonds. The number of aromatic nitrogens is 1. The molecule has 3 nitrogen and oxygen atoms in total. The second-order valence-electron chi connectivity index (χ2n) is 6.90. The van der Waals surface area contributed by atoms with E-state index in [1.807, 2.05) is 50.6 Å². The fourth-order valence-electron chi connectivity index (χ4n) is 3.78. The molecule has 0 unspecified atom stereocenters. The van der Waals surface area contributed by atoms with Crippen molar-refractivity contribution < 1.29 is 4.79 Å². The van der Waals surface area contributed by atoms with Gasteiger partial charge >= 0.3 is 0 Å². The van der Waals surface area contributed by atoms with Crippen molar-refractivity contribution in [2.45, 2.75) is 32.6 Å². The smallest absolute Gasteiger partial charge is 0.255 e. The SMILES string of the molecule is Cc1nc2sc3c(c2c(-c2ccccc2)c1C(=O)N(C)C)CCCC3. The van der Waals surface area contributed by atoms with E-state index in [0.717, 1.165) is 40.1 Å². The Hall–Kier alpha value is -2.20. The first kappa shape index (κ1) is 16.3. The lowest BCUT2D eigenvalue weighted by molar-refractivity contribution is 0.0827. The molecule has 1 aliphatic rings. The molecule has 0 fully saturated rings. The van der Waals surface area contributed by atoms with E-state index in [9.17, 15) is 4.79 Å². The van der Waals surface area contributed by atoms with Gasteiger partial charge in [-0.3, -0.25) is 4.79 Å². The zero-order valence-corrected chi connectivity index (χ0v) is 15.7. The van der Waals surface area contributed by atoms with Crippen LogP contribution in [0.4, 0.5) is 0 Å². The molecular formula is C21H22N2OS. The Balaban J connectivity index is 2.13. The normalized spacial score (nSPS) is 13.7. The summed E-state index contributed by atoms with van der Waals surface area (Å²) in [5.41, 5.74) is 5.17. The lowest BCUT2D eigenvalue weighted by Gasteiger charge is -2.19. The van der Waals surface area contributed by atoms with Gasteiger partial charge in [0.05, 0.1) is 11.3 Å². The van der Waals surface area contributed by atoms with Gasteiger partial charge in [-0.05, 0) is 43.7 Å². The lowest BCUT2D eigenvalue weighted by atomic mass is 9.89. The van der Waals surface area contributed by atoms with Gasteiger partial charge in [0.15, 0.2) is 0 Å². The molecule has 0 saturated heterocycles. The van der Waals surface area contributed by atoms with Gasteiger partial charge < -0.3 is 4.90 Å². The summed E-state index contributed by atoms with van der Waals surface area (Å²) in [6.45, 7) is 1.96. The summed E-state index contributed by atoms with van der Waals surface area (Å²) in [6, 6.07) is 10.3. The number of hydrogen-bond donors (Lipinski definition) is 0. The highest BCUT2D eigenvalue weighted by Gasteiger charge is 2.26. The van der Waals surface area contributed by atoms with Gasteiger partial charge in [0.1, 0.15) is 4.83 Å². The summed E-state index contributed by atoms with van der Waals surface area (Å²) >= 11 is 1.82. The zero-order valence-electron chi connectivity index (χ0n) is 14.9. The van der Waals surface area contributed by atoms with E-state index >= 15 is 0 Å². The van der Waals surface area contributed by atoms with Crippen molar-refractivity contribution in [3.05, 3.63) is 52.0 Å². The standard InChI is InChI=1S/C21H22N2OS/c1-13-17(21(24)23(2)3)18(14-9-5-4-6-10-14)19-15-11-7-8-12-16(15)25-20(19)22-13/h4-6,9-10H,7-8,11-12H2,1-3H3. The minimum Gasteiger partial charge on any atom is -0.345 e. The number of aryl methyl sites for hydroxylation is 3. The minimum absolute atomic E-state index is 0.0292. The second-order valence-corrected chi connectivity index (χ2v) is 7.99. The molecule has 1 aromatic carbocycles. The van der Waals surface area contributed by atoms with Crippen molar-refractivity contribution in [2.24, 2.45) is 0 Å². The van der Waals surface area contributed by atoms with E-state index < -0.39 is 0 Å². The Bertz CT molecular complexity index is 957. The fourth-order valence-corrected chi connectivity index (χ4v) is 5.10. The monoisotopic (exact) mass is 350 g/mol. The van der Waals surface area contributed by atoms with Gasteiger partial charge in [-0.1, -0.05) is 30.3 Å². The Morgan fingerprint density at radius 2 is 1.84 bits per heavy atom. The van der Waals surface area contributed by atoms with Crippen molar-refractivity contribution in [1.82, 2.24) is 9.88 Å². The van der Waals surface area contributed by atoms with Crippen LogP contribution in [0, 0.1) is 6.92 Å². The third-order valence-electron chi connectivity index (χ3n) is 4.97. The van der Waals surface area contributed by atoms with E-state index in [-0.39, 0.29) is 5.91 Å². The van der Waals surface area contributed by atoms with Crippen molar-refractivity contribution in [3.8, 4) is 11.1 Å². The van der Waals surface area contributed by atoms with E-state index in [4.69, 9.17) is 4.98 Å². The van der Waals surface area contributed by atoms with Gasteiger partial charge in [0.25, 0.3) is 5.91 Å². The van der Waals surface area contributed by atoms with Crippen LogP contribution in [-0.4, -0.2) is 29.9 Å². The van der Waals surface area contributed by atoms with Crippen LogP contribution < -0.4 is 0 Å². The Morgan fingerprint density at radius 3 is 2.56 bits per heavy atom. The average molecular weight is 350 g/mol. The van der Waals surface area contributed by atoms with Crippen molar-refractivity contribution in [2.75, 3.05) is 14.1 Å². The largest absolute Gasteiger partial charge is 0.345 e. The second kappa shape index (κ2) is 6.26. The molecule has 0 radical (unpaired) electrons. The van der Waals surface area contributed by atoms with Crippen molar-refractivity contribution in [3.63, 3.8) is 0 Å². The number of rotatable bonds is 2. The first-order valence-corrected chi connectivity index (χ1v) is 9.61. The van der Waals surface area contributed by atoms with Crippen LogP contribution in [0.1, 0.15) is 39.3 Å². The predicted molar refractivity (Wildman–Crippen MR) is 104 cm³/mol. The van der Waals surface area contributed by atoms with Crippen LogP contribution in [0.3, 0.4) is 0 Å². The number of carbonyl (C=O) groups is 1. The first-order valence-electron chi connectivity index (χ1n) is 8.80. The highest BCUT2D eigenvalue weighted by Crippen LogP contribution is 2.43. The quantitative estimate of drug-likeness (QED) is 0.662. The number of benzene rings is 1. The van der Waals surface area contributed by atoms with E-state index in [1.165, 1.54) is 28.7 Å². The maximum Gasteiger partial charge on any atom is 0.255 e. The molecule has 0 atom stereocenters. The lowest BCUT2D eigenvalue weighted by Crippen LogP contribution is -2.24. The average Bonchev–Trinajstić information content (AvgIpc) is 2.98. The molecule has 4 rings (SSSR count).